The molecule has 0 saturated heterocycles. The van der Waals surface area contributed by atoms with E-state index in [1.165, 1.54) is 12.8 Å². The van der Waals surface area contributed by atoms with Crippen molar-refractivity contribution in [2.24, 2.45) is 0 Å². The molecule has 0 saturated carbocycles. The molecule has 0 heterocycles. The Labute approximate surface area is 140 Å². The molecule has 0 aliphatic carbocycles. The van der Waals surface area contributed by atoms with E-state index in [9.17, 15) is 4.79 Å². The molecule has 1 aromatic carbocycles. The number of carbonyl (C=O) groups excluding carboxylic acids is 1. The van der Waals surface area contributed by atoms with Crippen LogP contribution in [0.2, 0.25) is 0 Å². The lowest BCUT2D eigenvalue weighted by Crippen LogP contribution is -2.07. The van der Waals surface area contributed by atoms with Gasteiger partial charge in [-0.15, -0.1) is 0 Å². The quantitative estimate of drug-likeness (QED) is 0.401. The minimum absolute atomic E-state index is 0.308. The predicted molar refractivity (Wildman–Crippen MR) is 92.4 cm³/mol. The van der Waals surface area contributed by atoms with Gasteiger partial charge in [-0.05, 0) is 31.0 Å². The van der Waals surface area contributed by atoms with Gasteiger partial charge in [0.15, 0.2) is 11.5 Å². The van der Waals surface area contributed by atoms with Crippen molar-refractivity contribution in [1.29, 1.82) is 0 Å². The summed E-state index contributed by atoms with van der Waals surface area (Å²) in [7, 11) is 1.58. The SMILES string of the molecule is CCCCCCOC(=O)c1ccc(OCCCCC)c(OC)c1. The Bertz CT molecular complexity index is 457. The summed E-state index contributed by atoms with van der Waals surface area (Å²) < 4.78 is 16.3. The molecule has 23 heavy (non-hydrogen) atoms. The molecule has 0 aliphatic heterocycles. The number of benzene rings is 1. The summed E-state index contributed by atoms with van der Waals surface area (Å²) in [5.41, 5.74) is 0.498. The number of methoxy groups -OCH3 is 1. The van der Waals surface area contributed by atoms with Gasteiger partial charge in [0.1, 0.15) is 0 Å². The third-order valence-corrected chi connectivity index (χ3v) is 3.64. The van der Waals surface area contributed by atoms with Crippen molar-refractivity contribution in [3.8, 4) is 11.5 Å². The monoisotopic (exact) mass is 322 g/mol. The lowest BCUT2D eigenvalue weighted by molar-refractivity contribution is 0.0497. The molecular weight excluding hydrogens is 292 g/mol. The van der Waals surface area contributed by atoms with Gasteiger partial charge in [0.2, 0.25) is 0 Å². The second-order valence-electron chi connectivity index (χ2n) is 5.62. The van der Waals surface area contributed by atoms with Crippen molar-refractivity contribution in [2.75, 3.05) is 20.3 Å². The van der Waals surface area contributed by atoms with E-state index in [2.05, 4.69) is 13.8 Å². The molecule has 0 aromatic heterocycles. The molecule has 0 N–H and O–H groups in total. The van der Waals surface area contributed by atoms with Crippen LogP contribution < -0.4 is 9.47 Å². The van der Waals surface area contributed by atoms with Gasteiger partial charge in [-0.25, -0.2) is 4.79 Å². The number of hydrogen-bond acceptors (Lipinski definition) is 4. The summed E-state index contributed by atoms with van der Waals surface area (Å²) in [6.45, 7) is 5.44. The lowest BCUT2D eigenvalue weighted by atomic mass is 10.2. The van der Waals surface area contributed by atoms with Gasteiger partial charge in [0, 0.05) is 0 Å². The summed E-state index contributed by atoms with van der Waals surface area (Å²) in [6, 6.07) is 5.19. The average molecular weight is 322 g/mol. The fourth-order valence-electron chi connectivity index (χ4n) is 2.23. The molecule has 0 atom stereocenters. The van der Waals surface area contributed by atoms with E-state index in [1.54, 1.807) is 25.3 Å². The van der Waals surface area contributed by atoms with Crippen molar-refractivity contribution in [3.63, 3.8) is 0 Å². The van der Waals surface area contributed by atoms with E-state index >= 15 is 0 Å². The van der Waals surface area contributed by atoms with Gasteiger partial charge in [0.05, 0.1) is 25.9 Å². The number of hydrogen-bond donors (Lipinski definition) is 0. The summed E-state index contributed by atoms with van der Waals surface area (Å²) in [6.07, 6.45) is 7.67. The van der Waals surface area contributed by atoms with Crippen LogP contribution in [0.4, 0.5) is 0 Å². The van der Waals surface area contributed by atoms with Crippen LogP contribution >= 0.6 is 0 Å². The van der Waals surface area contributed by atoms with Gasteiger partial charge in [-0.1, -0.05) is 46.0 Å². The molecule has 0 fully saturated rings. The van der Waals surface area contributed by atoms with Crippen molar-refractivity contribution < 1.29 is 19.0 Å². The predicted octanol–water partition coefficient (Wildman–Crippen LogP) is 5.00. The second kappa shape index (κ2) is 11.8. The number of esters is 1. The van der Waals surface area contributed by atoms with E-state index in [-0.39, 0.29) is 5.97 Å². The number of unbranched alkanes of at least 4 members (excludes halogenated alkanes) is 5. The highest BCUT2D eigenvalue weighted by Gasteiger charge is 2.12. The molecule has 0 bridgehead atoms. The van der Waals surface area contributed by atoms with Gasteiger partial charge >= 0.3 is 5.97 Å². The molecule has 4 nitrogen and oxygen atoms in total. The van der Waals surface area contributed by atoms with Crippen LogP contribution in [-0.4, -0.2) is 26.3 Å². The van der Waals surface area contributed by atoms with Gasteiger partial charge in [-0.3, -0.25) is 0 Å². The standard InChI is InChI=1S/C19H30O4/c1-4-6-8-10-14-23-19(20)16-11-12-17(18(15-16)21-3)22-13-9-7-5-2/h11-12,15H,4-10,13-14H2,1-3H3. The summed E-state index contributed by atoms with van der Waals surface area (Å²) in [5, 5.41) is 0. The lowest BCUT2D eigenvalue weighted by Gasteiger charge is -2.12. The molecule has 0 amide bonds. The number of carbonyl (C=O) groups is 1. The zero-order valence-corrected chi connectivity index (χ0v) is 14.7. The van der Waals surface area contributed by atoms with Crippen molar-refractivity contribution in [3.05, 3.63) is 23.8 Å². The van der Waals surface area contributed by atoms with Crippen LogP contribution in [0, 0.1) is 0 Å². The van der Waals surface area contributed by atoms with Gasteiger partial charge in [0.25, 0.3) is 0 Å². The van der Waals surface area contributed by atoms with Crippen molar-refractivity contribution >= 4 is 5.97 Å². The maximum absolute atomic E-state index is 12.0. The highest BCUT2D eigenvalue weighted by atomic mass is 16.5. The maximum atomic E-state index is 12.0. The Hall–Kier alpha value is -1.71. The summed E-state index contributed by atoms with van der Waals surface area (Å²) >= 11 is 0. The van der Waals surface area contributed by atoms with Crippen LogP contribution in [0.5, 0.6) is 11.5 Å². The van der Waals surface area contributed by atoms with Gasteiger partial charge < -0.3 is 14.2 Å². The minimum Gasteiger partial charge on any atom is -0.493 e. The zero-order valence-electron chi connectivity index (χ0n) is 14.7. The average Bonchev–Trinajstić information content (AvgIpc) is 2.58. The van der Waals surface area contributed by atoms with E-state index in [4.69, 9.17) is 14.2 Å². The molecule has 0 unspecified atom stereocenters. The molecule has 1 rings (SSSR count). The first-order valence-electron chi connectivity index (χ1n) is 8.70. The van der Waals surface area contributed by atoms with Crippen molar-refractivity contribution in [1.82, 2.24) is 0 Å². The third kappa shape index (κ3) is 7.40. The zero-order chi connectivity index (χ0) is 16.9. The Morgan fingerprint density at radius 1 is 0.913 bits per heavy atom. The van der Waals surface area contributed by atoms with Crippen molar-refractivity contribution in [2.45, 2.75) is 58.8 Å². The molecular formula is C19H30O4. The topological polar surface area (TPSA) is 44.8 Å². The molecule has 130 valence electrons. The van der Waals surface area contributed by atoms with E-state index < -0.39 is 0 Å². The smallest absolute Gasteiger partial charge is 0.338 e. The largest absolute Gasteiger partial charge is 0.493 e. The van der Waals surface area contributed by atoms with E-state index in [0.717, 1.165) is 32.1 Å². The first-order valence-corrected chi connectivity index (χ1v) is 8.70. The summed E-state index contributed by atoms with van der Waals surface area (Å²) in [5.74, 6) is 0.933. The normalized spacial score (nSPS) is 10.4. The van der Waals surface area contributed by atoms with E-state index in [0.29, 0.717) is 30.3 Å². The molecule has 1 aromatic rings. The highest BCUT2D eigenvalue weighted by Crippen LogP contribution is 2.28. The Morgan fingerprint density at radius 2 is 1.61 bits per heavy atom. The first kappa shape index (κ1) is 19.3. The van der Waals surface area contributed by atoms with Crippen LogP contribution in [0.3, 0.4) is 0 Å². The van der Waals surface area contributed by atoms with Crippen LogP contribution in [0.15, 0.2) is 18.2 Å². The van der Waals surface area contributed by atoms with Crippen LogP contribution in [0.1, 0.15) is 69.2 Å². The molecule has 0 spiro atoms. The van der Waals surface area contributed by atoms with Gasteiger partial charge in [-0.2, -0.15) is 0 Å². The van der Waals surface area contributed by atoms with Crippen LogP contribution in [-0.2, 0) is 4.74 Å². The maximum Gasteiger partial charge on any atom is 0.338 e. The molecule has 4 heteroatoms. The van der Waals surface area contributed by atoms with E-state index in [1.807, 2.05) is 0 Å². The first-order chi connectivity index (χ1) is 11.2. The minimum atomic E-state index is -0.308. The Morgan fingerprint density at radius 3 is 2.30 bits per heavy atom. The van der Waals surface area contributed by atoms with Crippen LogP contribution in [0.25, 0.3) is 0 Å². The Kier molecular flexibility index (Phi) is 9.92. The fraction of sp³-hybridized carbons (Fsp3) is 0.632. The second-order valence-corrected chi connectivity index (χ2v) is 5.62. The molecule has 0 radical (unpaired) electrons. The summed E-state index contributed by atoms with van der Waals surface area (Å²) in [4.78, 5) is 12.0. The third-order valence-electron chi connectivity index (χ3n) is 3.64. The molecule has 0 aliphatic rings. The highest BCUT2D eigenvalue weighted by molar-refractivity contribution is 5.90. The number of rotatable bonds is 12. The number of ether oxygens (including phenoxy) is 3. The Balaban J connectivity index is 2.51. The fourth-order valence-corrected chi connectivity index (χ4v) is 2.23.